The Morgan fingerprint density at radius 1 is 1.23 bits per heavy atom. The molecule has 0 radical (unpaired) electrons. The first-order valence-electron chi connectivity index (χ1n) is 12.2. The molecule has 1 aromatic carbocycles. The lowest BCUT2D eigenvalue weighted by molar-refractivity contribution is -0.134. The third-order valence-corrected chi connectivity index (χ3v) is 7.05. The first kappa shape index (κ1) is 32.3. The number of nitrogens with two attached hydrogens (primary N) is 1. The number of carbonyl (C=O) groups excluding carboxylic acids is 3. The number of rotatable bonds is 10. The molecule has 3 unspecified atom stereocenters. The van der Waals surface area contributed by atoms with Crippen LogP contribution in [0.25, 0.3) is 0 Å². The van der Waals surface area contributed by atoms with E-state index in [-0.39, 0.29) is 28.5 Å². The summed E-state index contributed by atoms with van der Waals surface area (Å²) in [7, 11) is 1.89. The average molecular weight is 506 g/mol. The first-order valence-corrected chi connectivity index (χ1v) is 13.4. The minimum atomic E-state index is -0.522. The molecule has 1 aromatic rings. The number of anilines is 1. The average Bonchev–Trinajstić information content (AvgIpc) is 2.86. The van der Waals surface area contributed by atoms with Gasteiger partial charge in [0.05, 0.1) is 6.07 Å². The van der Waals surface area contributed by atoms with Gasteiger partial charge in [0.25, 0.3) is 0 Å². The van der Waals surface area contributed by atoms with Crippen molar-refractivity contribution < 1.29 is 14.4 Å². The normalized spacial score (nSPS) is 18.6. The van der Waals surface area contributed by atoms with E-state index in [0.29, 0.717) is 13.0 Å². The molecule has 8 nitrogen and oxygen atoms in total. The predicted octanol–water partition coefficient (Wildman–Crippen LogP) is 3.79. The van der Waals surface area contributed by atoms with Gasteiger partial charge < -0.3 is 21.3 Å². The van der Waals surface area contributed by atoms with E-state index in [1.54, 1.807) is 18.7 Å². The van der Waals surface area contributed by atoms with Crippen LogP contribution < -0.4 is 16.4 Å². The van der Waals surface area contributed by atoms with E-state index in [1.165, 1.54) is 0 Å². The zero-order valence-corrected chi connectivity index (χ0v) is 22.9. The summed E-state index contributed by atoms with van der Waals surface area (Å²) in [5, 5.41) is 14.4. The third-order valence-electron chi connectivity index (χ3n) is 5.66. The van der Waals surface area contributed by atoms with Gasteiger partial charge in [-0.3, -0.25) is 14.4 Å². The Kier molecular flexibility index (Phi) is 16.3. The maximum absolute atomic E-state index is 12.6. The lowest BCUT2D eigenvalue weighted by Gasteiger charge is -2.49. The molecule has 0 saturated heterocycles. The summed E-state index contributed by atoms with van der Waals surface area (Å²) in [4.78, 5) is 35.0. The van der Waals surface area contributed by atoms with E-state index in [1.807, 2.05) is 63.2 Å². The van der Waals surface area contributed by atoms with Crippen LogP contribution in [0, 0.1) is 17.2 Å². The van der Waals surface area contributed by atoms with Crippen molar-refractivity contribution in [3.8, 4) is 6.07 Å². The molecule has 1 fully saturated rings. The quantitative estimate of drug-likeness (QED) is 0.444. The molecule has 0 heterocycles. The summed E-state index contributed by atoms with van der Waals surface area (Å²) >= 11 is 1.68. The molecule has 4 N–H and O–H groups in total. The molecule has 0 aliphatic heterocycles. The molecule has 9 heteroatoms. The lowest BCUT2D eigenvalue weighted by atomic mass is 9.77. The second-order valence-electron chi connectivity index (χ2n) is 8.37. The molecule has 0 aromatic heterocycles. The van der Waals surface area contributed by atoms with Crippen LogP contribution in [0.5, 0.6) is 0 Å². The number of nitriles is 1. The zero-order chi connectivity index (χ0) is 26.9. The highest BCUT2D eigenvalue weighted by molar-refractivity contribution is 8.00. The van der Waals surface area contributed by atoms with E-state index in [4.69, 9.17) is 11.0 Å². The summed E-state index contributed by atoms with van der Waals surface area (Å²) in [5.41, 5.74) is 5.86. The number of hydrogen-bond donors (Lipinski definition) is 3. The van der Waals surface area contributed by atoms with Crippen LogP contribution in [0.4, 0.5) is 5.69 Å². The van der Waals surface area contributed by atoms with Crippen molar-refractivity contribution in [3.63, 3.8) is 0 Å². The number of hydrogen-bond acceptors (Lipinski definition) is 6. The van der Waals surface area contributed by atoms with Crippen molar-refractivity contribution in [2.45, 2.75) is 70.6 Å². The summed E-state index contributed by atoms with van der Waals surface area (Å²) in [5.74, 6) is -0.657. The predicted molar refractivity (Wildman–Crippen MR) is 145 cm³/mol. The number of thioether (sulfide) groups is 1. The van der Waals surface area contributed by atoms with Crippen molar-refractivity contribution in [1.29, 1.82) is 5.26 Å². The van der Waals surface area contributed by atoms with Crippen molar-refractivity contribution in [3.05, 3.63) is 30.3 Å². The van der Waals surface area contributed by atoms with E-state index >= 15 is 0 Å². The molecule has 0 spiro atoms. The van der Waals surface area contributed by atoms with Crippen LogP contribution in [0.2, 0.25) is 0 Å². The van der Waals surface area contributed by atoms with Gasteiger partial charge in [0.1, 0.15) is 10.7 Å². The van der Waals surface area contributed by atoms with Gasteiger partial charge in [-0.25, -0.2) is 0 Å². The van der Waals surface area contributed by atoms with Crippen LogP contribution in [0.1, 0.15) is 59.8 Å². The molecular formula is C26H43N5O3S. The van der Waals surface area contributed by atoms with E-state index in [2.05, 4.69) is 22.8 Å². The van der Waals surface area contributed by atoms with Crippen molar-refractivity contribution in [2.75, 3.05) is 31.7 Å². The molecule has 196 valence electrons. The highest BCUT2D eigenvalue weighted by Crippen LogP contribution is 2.45. The van der Waals surface area contributed by atoms with Gasteiger partial charge in [-0.05, 0) is 57.9 Å². The number of benzene rings is 1. The molecule has 1 aliphatic rings. The van der Waals surface area contributed by atoms with Gasteiger partial charge in [-0.15, -0.1) is 11.8 Å². The number of amides is 3. The Hall–Kier alpha value is -2.73. The largest absolute Gasteiger partial charge is 0.380 e. The van der Waals surface area contributed by atoms with E-state index < -0.39 is 5.92 Å². The van der Waals surface area contributed by atoms with Crippen LogP contribution in [0.15, 0.2) is 30.3 Å². The van der Waals surface area contributed by atoms with Gasteiger partial charge in [0, 0.05) is 38.3 Å². The van der Waals surface area contributed by atoms with Crippen LogP contribution in [0.3, 0.4) is 0 Å². The minimum absolute atomic E-state index is 0.177. The number of para-hydroxylation sites is 1. The molecule has 35 heavy (non-hydrogen) atoms. The number of nitrogens with zero attached hydrogens (tertiary/aromatic N) is 2. The van der Waals surface area contributed by atoms with Crippen LogP contribution >= 0.6 is 11.8 Å². The van der Waals surface area contributed by atoms with Gasteiger partial charge in [-0.1, -0.05) is 32.0 Å². The molecule has 2 rings (SSSR count). The summed E-state index contributed by atoms with van der Waals surface area (Å²) in [6.45, 7) is 8.92. The fraction of sp³-hybridized carbons (Fsp3) is 0.615. The fourth-order valence-corrected chi connectivity index (χ4v) is 4.35. The second-order valence-corrected chi connectivity index (χ2v) is 9.51. The van der Waals surface area contributed by atoms with Crippen molar-refractivity contribution >= 4 is 35.2 Å². The topological polar surface area (TPSA) is 128 Å². The third kappa shape index (κ3) is 11.0. The number of nitrogens with one attached hydrogen (secondary N) is 2. The number of primary amides is 1. The highest BCUT2D eigenvalue weighted by Gasteiger charge is 2.53. The summed E-state index contributed by atoms with van der Waals surface area (Å²) in [6, 6.07) is 12.2. The van der Waals surface area contributed by atoms with Crippen molar-refractivity contribution in [1.82, 2.24) is 10.2 Å². The minimum Gasteiger partial charge on any atom is -0.380 e. The van der Waals surface area contributed by atoms with Gasteiger partial charge >= 0.3 is 0 Å². The maximum atomic E-state index is 12.6. The van der Waals surface area contributed by atoms with Gasteiger partial charge in [-0.2, -0.15) is 5.26 Å². The Morgan fingerprint density at radius 3 is 2.23 bits per heavy atom. The monoisotopic (exact) mass is 505 g/mol. The van der Waals surface area contributed by atoms with Gasteiger partial charge in [0.2, 0.25) is 17.7 Å². The lowest BCUT2D eigenvalue weighted by Crippen LogP contribution is -2.62. The second kappa shape index (κ2) is 17.7. The first-order chi connectivity index (χ1) is 16.6. The SMILES string of the molecule is CCCC(N)=O.CCCNC(=O)C(C)C#N.CCN(C)C(=O)C1(SC)CCC1Nc1ccccc1. The fourth-order valence-electron chi connectivity index (χ4n) is 3.24. The molecule has 0 bridgehead atoms. The Labute approximate surface area is 215 Å². The van der Waals surface area contributed by atoms with Gasteiger partial charge in [0.15, 0.2) is 0 Å². The molecule has 3 atom stereocenters. The Balaban J connectivity index is 0.000000606. The molecule has 1 aliphatic carbocycles. The zero-order valence-electron chi connectivity index (χ0n) is 22.1. The smallest absolute Gasteiger partial charge is 0.240 e. The van der Waals surface area contributed by atoms with E-state index in [0.717, 1.165) is 37.9 Å². The number of carbonyl (C=O) groups is 3. The summed E-state index contributed by atoms with van der Waals surface area (Å²) < 4.78 is -0.291. The molecule has 3 amide bonds. The standard InChI is InChI=1S/C15H22N2OS.C7H12N2O.C4H9NO/c1-4-17(2)14(18)15(19-3)11-10-13(15)16-12-8-6-5-7-9-12;1-3-4-9-7(10)6(2)5-8;1-2-3-4(5)6/h5-9,13,16H,4,10-11H2,1-3H3;6H,3-4H2,1-2H3,(H,9,10);2-3H2,1H3,(H2,5,6). The Bertz CT molecular complexity index is 811. The van der Waals surface area contributed by atoms with Crippen molar-refractivity contribution in [2.24, 2.45) is 11.7 Å². The van der Waals surface area contributed by atoms with Crippen LogP contribution in [-0.4, -0.2) is 59.8 Å². The Morgan fingerprint density at radius 2 is 1.86 bits per heavy atom. The van der Waals surface area contributed by atoms with E-state index in [9.17, 15) is 14.4 Å². The highest BCUT2D eigenvalue weighted by atomic mass is 32.2. The molecular weight excluding hydrogens is 462 g/mol. The molecule has 1 saturated carbocycles. The summed E-state index contributed by atoms with van der Waals surface area (Å²) in [6.07, 6.45) is 6.33. The maximum Gasteiger partial charge on any atom is 0.240 e. The van der Waals surface area contributed by atoms with Crippen LogP contribution in [-0.2, 0) is 14.4 Å².